The Bertz CT molecular complexity index is 843. The summed E-state index contributed by atoms with van der Waals surface area (Å²) in [6.07, 6.45) is -1.34. The Balaban J connectivity index is 1.55. The van der Waals surface area contributed by atoms with Crippen LogP contribution in [0.1, 0.15) is 11.1 Å². The average Bonchev–Trinajstić information content (AvgIpc) is 2.76. The molecule has 1 atom stereocenters. The Hall–Kier alpha value is -3.55. The van der Waals surface area contributed by atoms with Gasteiger partial charge in [-0.25, -0.2) is 14.4 Å². The molecule has 0 unspecified atom stereocenters. The normalized spacial score (nSPS) is 16.2. The SMILES string of the molecule is O=C(O)[C@@H]1CN(C(=O)OCc2ccccc2)CCN1C(=O)OCc1ccccc1. The quantitative estimate of drug-likeness (QED) is 0.832. The van der Waals surface area contributed by atoms with Crippen molar-refractivity contribution in [1.29, 1.82) is 0 Å². The fourth-order valence-corrected chi connectivity index (χ4v) is 2.99. The number of nitrogens with zero attached hydrogens (tertiary/aromatic N) is 2. The van der Waals surface area contributed by atoms with Gasteiger partial charge in [-0.1, -0.05) is 60.7 Å². The number of hydrogen-bond donors (Lipinski definition) is 1. The first-order chi connectivity index (χ1) is 14.0. The number of carbonyl (C=O) groups is 3. The number of carbonyl (C=O) groups excluding carboxylic acids is 2. The van der Waals surface area contributed by atoms with Gasteiger partial charge in [0.05, 0.1) is 6.54 Å². The maximum atomic E-state index is 12.4. The van der Waals surface area contributed by atoms with Crippen LogP contribution in [0.25, 0.3) is 0 Å². The van der Waals surface area contributed by atoms with Crippen LogP contribution in [0.3, 0.4) is 0 Å². The number of carboxylic acids is 1. The third-order valence-corrected chi connectivity index (χ3v) is 4.57. The Kier molecular flexibility index (Phi) is 6.67. The first kappa shape index (κ1) is 20.2. The fourth-order valence-electron chi connectivity index (χ4n) is 2.99. The molecule has 1 N–H and O–H groups in total. The van der Waals surface area contributed by atoms with Crippen LogP contribution in [0.4, 0.5) is 9.59 Å². The van der Waals surface area contributed by atoms with Crippen LogP contribution in [0.5, 0.6) is 0 Å². The predicted molar refractivity (Wildman–Crippen MR) is 103 cm³/mol. The maximum Gasteiger partial charge on any atom is 0.410 e. The molecule has 0 spiro atoms. The molecule has 0 aliphatic carbocycles. The molecule has 1 heterocycles. The predicted octanol–water partition coefficient (Wildman–Crippen LogP) is 2.73. The zero-order chi connectivity index (χ0) is 20.6. The minimum atomic E-state index is -1.21. The van der Waals surface area contributed by atoms with Crippen LogP contribution >= 0.6 is 0 Å². The molecule has 2 aromatic carbocycles. The highest BCUT2D eigenvalue weighted by molar-refractivity contribution is 5.81. The van der Waals surface area contributed by atoms with Crippen molar-refractivity contribution in [2.75, 3.05) is 19.6 Å². The minimum Gasteiger partial charge on any atom is -0.480 e. The van der Waals surface area contributed by atoms with Crippen LogP contribution in [0.2, 0.25) is 0 Å². The van der Waals surface area contributed by atoms with E-state index < -0.39 is 24.2 Å². The largest absolute Gasteiger partial charge is 0.480 e. The van der Waals surface area contributed by atoms with Gasteiger partial charge >= 0.3 is 18.2 Å². The van der Waals surface area contributed by atoms with Gasteiger partial charge in [0, 0.05) is 13.1 Å². The van der Waals surface area contributed by atoms with E-state index in [1.165, 1.54) is 4.90 Å². The van der Waals surface area contributed by atoms with Crippen LogP contribution in [-0.4, -0.2) is 58.7 Å². The molecule has 0 bridgehead atoms. The molecule has 3 rings (SSSR count). The summed E-state index contributed by atoms with van der Waals surface area (Å²) in [7, 11) is 0. The molecule has 8 nitrogen and oxygen atoms in total. The van der Waals surface area contributed by atoms with Crippen LogP contribution < -0.4 is 0 Å². The Morgan fingerprint density at radius 1 is 0.828 bits per heavy atom. The lowest BCUT2D eigenvalue weighted by Crippen LogP contribution is -2.59. The maximum absolute atomic E-state index is 12.4. The molecule has 2 aromatic rings. The summed E-state index contributed by atoms with van der Waals surface area (Å²) in [5.74, 6) is -1.21. The second kappa shape index (κ2) is 9.59. The van der Waals surface area contributed by atoms with Crippen molar-refractivity contribution >= 4 is 18.2 Å². The summed E-state index contributed by atoms with van der Waals surface area (Å²) in [6.45, 7) is 0.189. The second-order valence-corrected chi connectivity index (χ2v) is 6.57. The van der Waals surface area contributed by atoms with Crippen molar-refractivity contribution in [3.05, 3.63) is 71.8 Å². The summed E-state index contributed by atoms with van der Waals surface area (Å²) in [5, 5.41) is 9.52. The van der Waals surface area contributed by atoms with Crippen molar-refractivity contribution in [2.24, 2.45) is 0 Å². The summed E-state index contributed by atoms with van der Waals surface area (Å²) >= 11 is 0. The van der Waals surface area contributed by atoms with Gasteiger partial charge in [0.25, 0.3) is 0 Å². The average molecular weight is 398 g/mol. The van der Waals surface area contributed by atoms with E-state index in [2.05, 4.69) is 0 Å². The fraction of sp³-hybridized carbons (Fsp3) is 0.286. The number of ether oxygens (including phenoxy) is 2. The highest BCUT2D eigenvalue weighted by Crippen LogP contribution is 2.15. The highest BCUT2D eigenvalue weighted by atomic mass is 16.6. The minimum absolute atomic E-state index is 0.0467. The van der Waals surface area contributed by atoms with Crippen LogP contribution in [-0.2, 0) is 27.5 Å². The van der Waals surface area contributed by atoms with E-state index >= 15 is 0 Å². The standard InChI is InChI=1S/C21H22N2O6/c24-19(25)18-13-22(20(26)28-14-16-7-3-1-4-8-16)11-12-23(18)21(27)29-15-17-9-5-2-6-10-17/h1-10,18H,11-15H2,(H,24,25)/t18-/m0/s1. The molecule has 152 valence electrons. The van der Waals surface area contributed by atoms with Gasteiger partial charge in [0.15, 0.2) is 6.04 Å². The molecule has 1 aliphatic rings. The molecular weight excluding hydrogens is 376 g/mol. The first-order valence-electron chi connectivity index (χ1n) is 9.20. The van der Waals surface area contributed by atoms with Crippen LogP contribution in [0.15, 0.2) is 60.7 Å². The van der Waals surface area contributed by atoms with Crippen molar-refractivity contribution < 1.29 is 29.0 Å². The van der Waals surface area contributed by atoms with E-state index in [1.807, 2.05) is 60.7 Å². The summed E-state index contributed by atoms with van der Waals surface area (Å²) in [4.78, 5) is 38.8. The molecule has 29 heavy (non-hydrogen) atoms. The number of aliphatic carboxylic acids is 1. The smallest absolute Gasteiger partial charge is 0.410 e. The van der Waals surface area contributed by atoms with Gasteiger partial charge in [-0.05, 0) is 11.1 Å². The van der Waals surface area contributed by atoms with E-state index in [4.69, 9.17) is 9.47 Å². The van der Waals surface area contributed by atoms with E-state index in [0.717, 1.165) is 16.0 Å². The van der Waals surface area contributed by atoms with Crippen molar-refractivity contribution in [1.82, 2.24) is 9.80 Å². The number of piperazine rings is 1. The lowest BCUT2D eigenvalue weighted by molar-refractivity contribution is -0.144. The number of benzene rings is 2. The monoisotopic (exact) mass is 398 g/mol. The second-order valence-electron chi connectivity index (χ2n) is 6.57. The zero-order valence-electron chi connectivity index (χ0n) is 15.8. The van der Waals surface area contributed by atoms with E-state index in [9.17, 15) is 19.5 Å². The first-order valence-corrected chi connectivity index (χ1v) is 9.20. The van der Waals surface area contributed by atoms with Crippen LogP contribution in [0, 0.1) is 0 Å². The number of carboxylic acid groups (broad SMARTS) is 1. The third-order valence-electron chi connectivity index (χ3n) is 4.57. The summed E-state index contributed by atoms with van der Waals surface area (Å²) in [6, 6.07) is 17.1. The van der Waals surface area contributed by atoms with Gasteiger partial charge < -0.3 is 19.5 Å². The lowest BCUT2D eigenvalue weighted by Gasteiger charge is -2.37. The number of amides is 2. The number of rotatable bonds is 5. The molecule has 8 heteroatoms. The molecule has 1 aliphatic heterocycles. The molecule has 2 amide bonds. The Labute approximate surface area is 168 Å². The highest BCUT2D eigenvalue weighted by Gasteiger charge is 2.38. The molecule has 0 aromatic heterocycles. The summed E-state index contributed by atoms with van der Waals surface area (Å²) < 4.78 is 10.5. The summed E-state index contributed by atoms with van der Waals surface area (Å²) in [5.41, 5.74) is 1.63. The van der Waals surface area contributed by atoms with E-state index in [-0.39, 0.29) is 32.8 Å². The molecule has 0 radical (unpaired) electrons. The van der Waals surface area contributed by atoms with Crippen molar-refractivity contribution in [3.8, 4) is 0 Å². The van der Waals surface area contributed by atoms with Crippen molar-refractivity contribution in [3.63, 3.8) is 0 Å². The zero-order valence-corrected chi connectivity index (χ0v) is 15.8. The molecule has 1 saturated heterocycles. The Morgan fingerprint density at radius 3 is 1.86 bits per heavy atom. The third kappa shape index (κ3) is 5.47. The van der Waals surface area contributed by atoms with Gasteiger partial charge in [-0.3, -0.25) is 4.90 Å². The lowest BCUT2D eigenvalue weighted by atomic mass is 10.2. The molecule has 1 fully saturated rings. The Morgan fingerprint density at radius 2 is 1.34 bits per heavy atom. The molecular formula is C21H22N2O6. The molecule has 0 saturated carbocycles. The topological polar surface area (TPSA) is 96.4 Å². The van der Waals surface area contributed by atoms with Gasteiger partial charge in [-0.15, -0.1) is 0 Å². The number of hydrogen-bond acceptors (Lipinski definition) is 5. The van der Waals surface area contributed by atoms with Gasteiger partial charge in [0.2, 0.25) is 0 Å². The van der Waals surface area contributed by atoms with E-state index in [1.54, 1.807) is 0 Å². The van der Waals surface area contributed by atoms with E-state index in [0.29, 0.717) is 0 Å². The van der Waals surface area contributed by atoms with Crippen molar-refractivity contribution in [2.45, 2.75) is 19.3 Å². The van der Waals surface area contributed by atoms with Gasteiger partial charge in [-0.2, -0.15) is 0 Å². The van der Waals surface area contributed by atoms with Gasteiger partial charge in [0.1, 0.15) is 13.2 Å².